The van der Waals surface area contributed by atoms with Gasteiger partial charge in [-0.25, -0.2) is 0 Å². The van der Waals surface area contributed by atoms with Crippen molar-refractivity contribution in [3.8, 4) is 0 Å². The van der Waals surface area contributed by atoms with Crippen molar-refractivity contribution in [1.82, 2.24) is 4.90 Å². The fourth-order valence-corrected chi connectivity index (χ4v) is 4.07. The molecule has 0 aromatic carbocycles. The quantitative estimate of drug-likeness (QED) is 0.746. The van der Waals surface area contributed by atoms with E-state index in [1.807, 2.05) is 11.3 Å². The third-order valence-corrected chi connectivity index (χ3v) is 4.99. The molecule has 1 fully saturated rings. The predicted octanol–water partition coefficient (Wildman–Crippen LogP) is 2.79. The number of Topliss-reactive ketones (excluding diaryl/α,β-unsaturated/α-hetero) is 1. The van der Waals surface area contributed by atoms with Crippen LogP contribution in [0.25, 0.3) is 0 Å². The van der Waals surface area contributed by atoms with E-state index < -0.39 is 0 Å². The minimum Gasteiger partial charge on any atom is -0.298 e. The molecule has 86 valence electrons. The van der Waals surface area contributed by atoms with E-state index in [-0.39, 0.29) is 6.04 Å². The Morgan fingerprint density at radius 2 is 2.31 bits per heavy atom. The predicted molar refractivity (Wildman–Crippen MR) is 65.8 cm³/mol. The fourth-order valence-electron chi connectivity index (χ4n) is 3.10. The summed E-state index contributed by atoms with van der Waals surface area (Å²) in [5.41, 5.74) is 1.45. The van der Waals surface area contributed by atoms with Crippen molar-refractivity contribution in [2.24, 2.45) is 0 Å². The zero-order valence-corrected chi connectivity index (χ0v) is 10.4. The van der Waals surface area contributed by atoms with Gasteiger partial charge in [-0.2, -0.15) is 0 Å². The van der Waals surface area contributed by atoms with E-state index in [0.29, 0.717) is 11.8 Å². The average Bonchev–Trinajstić information content (AvgIpc) is 2.88. The van der Waals surface area contributed by atoms with E-state index in [1.165, 1.54) is 10.4 Å². The van der Waals surface area contributed by atoms with E-state index in [2.05, 4.69) is 23.3 Å². The van der Waals surface area contributed by atoms with Crippen molar-refractivity contribution in [1.29, 1.82) is 0 Å². The highest BCUT2D eigenvalue weighted by molar-refractivity contribution is 7.10. The van der Waals surface area contributed by atoms with Crippen molar-refractivity contribution >= 4 is 17.1 Å². The van der Waals surface area contributed by atoms with E-state index >= 15 is 0 Å². The summed E-state index contributed by atoms with van der Waals surface area (Å²) in [5, 5.41) is 2.18. The van der Waals surface area contributed by atoms with Gasteiger partial charge >= 0.3 is 0 Å². The Hall–Kier alpha value is -0.670. The molecule has 1 aromatic heterocycles. The number of thiophene rings is 1. The number of hydrogen-bond donors (Lipinski definition) is 0. The lowest BCUT2D eigenvalue weighted by Crippen LogP contribution is -2.43. The Bertz CT molecular complexity index is 412. The first kappa shape index (κ1) is 10.5. The van der Waals surface area contributed by atoms with Gasteiger partial charge in [-0.3, -0.25) is 9.69 Å². The maximum Gasteiger partial charge on any atom is 0.149 e. The molecule has 1 saturated carbocycles. The van der Waals surface area contributed by atoms with Crippen LogP contribution in [-0.2, 0) is 11.2 Å². The molecular formula is C13H17NOS. The van der Waals surface area contributed by atoms with Gasteiger partial charge in [-0.15, -0.1) is 11.3 Å². The zero-order chi connectivity index (χ0) is 11.1. The van der Waals surface area contributed by atoms with Crippen LogP contribution in [0.4, 0.5) is 0 Å². The van der Waals surface area contributed by atoms with Crippen LogP contribution < -0.4 is 0 Å². The SMILES string of the molecule is CC1c2ccsc2CCN1C1CCCC1=O. The molecule has 0 N–H and O–H groups in total. The van der Waals surface area contributed by atoms with Crippen molar-refractivity contribution in [3.63, 3.8) is 0 Å². The van der Waals surface area contributed by atoms with Crippen LogP contribution in [0, 0.1) is 0 Å². The van der Waals surface area contributed by atoms with Gasteiger partial charge in [-0.05, 0) is 43.2 Å². The van der Waals surface area contributed by atoms with Crippen LogP contribution in [0.15, 0.2) is 11.4 Å². The molecule has 1 aromatic rings. The standard InChI is InChI=1S/C13H17NOS/c1-9-10-6-8-16-13(10)5-7-14(9)11-3-2-4-12(11)15/h6,8-9,11H,2-5,7H2,1H3. The largest absolute Gasteiger partial charge is 0.298 e. The third kappa shape index (κ3) is 1.54. The van der Waals surface area contributed by atoms with Crippen LogP contribution in [0.2, 0.25) is 0 Å². The monoisotopic (exact) mass is 235 g/mol. The molecule has 2 heterocycles. The Kier molecular flexibility index (Phi) is 2.60. The average molecular weight is 235 g/mol. The fraction of sp³-hybridized carbons (Fsp3) is 0.615. The molecule has 0 radical (unpaired) electrons. The number of hydrogen-bond acceptors (Lipinski definition) is 3. The van der Waals surface area contributed by atoms with Gasteiger partial charge < -0.3 is 0 Å². The van der Waals surface area contributed by atoms with Crippen LogP contribution in [0.5, 0.6) is 0 Å². The highest BCUT2D eigenvalue weighted by Crippen LogP contribution is 2.36. The molecule has 1 aliphatic carbocycles. The first-order valence-corrected chi connectivity index (χ1v) is 7.00. The Labute approximate surface area is 100 Å². The van der Waals surface area contributed by atoms with Gasteiger partial charge in [0, 0.05) is 23.9 Å². The lowest BCUT2D eigenvalue weighted by molar-refractivity contribution is -0.122. The molecule has 1 aliphatic heterocycles. The van der Waals surface area contributed by atoms with Gasteiger partial charge in [0.1, 0.15) is 5.78 Å². The molecular weight excluding hydrogens is 218 g/mol. The van der Waals surface area contributed by atoms with Crippen LogP contribution in [0.3, 0.4) is 0 Å². The molecule has 2 unspecified atom stereocenters. The number of nitrogens with zero attached hydrogens (tertiary/aromatic N) is 1. The Morgan fingerprint density at radius 1 is 1.44 bits per heavy atom. The highest BCUT2D eigenvalue weighted by Gasteiger charge is 2.35. The summed E-state index contributed by atoms with van der Waals surface area (Å²) in [7, 11) is 0. The summed E-state index contributed by atoms with van der Waals surface area (Å²) in [6, 6.07) is 2.88. The number of carbonyl (C=O) groups is 1. The van der Waals surface area contributed by atoms with Gasteiger partial charge in [-0.1, -0.05) is 0 Å². The minimum atomic E-state index is 0.211. The number of rotatable bonds is 1. The van der Waals surface area contributed by atoms with Crippen LogP contribution in [0.1, 0.15) is 42.7 Å². The molecule has 2 atom stereocenters. The maximum absolute atomic E-state index is 11.8. The smallest absolute Gasteiger partial charge is 0.149 e. The van der Waals surface area contributed by atoms with E-state index in [9.17, 15) is 4.79 Å². The summed E-state index contributed by atoms with van der Waals surface area (Å²) in [5.74, 6) is 0.463. The van der Waals surface area contributed by atoms with Crippen molar-refractivity contribution < 1.29 is 4.79 Å². The van der Waals surface area contributed by atoms with E-state index in [1.54, 1.807) is 0 Å². The molecule has 0 amide bonds. The summed E-state index contributed by atoms with van der Waals surface area (Å²) in [4.78, 5) is 15.8. The molecule has 16 heavy (non-hydrogen) atoms. The molecule has 0 saturated heterocycles. The first-order valence-electron chi connectivity index (χ1n) is 6.12. The Balaban J connectivity index is 1.86. The second-order valence-corrected chi connectivity index (χ2v) is 5.84. The first-order chi connectivity index (χ1) is 7.77. The van der Waals surface area contributed by atoms with Crippen LogP contribution in [-0.4, -0.2) is 23.3 Å². The maximum atomic E-state index is 11.8. The lowest BCUT2D eigenvalue weighted by Gasteiger charge is -2.37. The molecule has 0 spiro atoms. The number of fused-ring (bicyclic) bond motifs is 1. The summed E-state index contributed by atoms with van der Waals surface area (Å²) in [6.07, 6.45) is 4.08. The second kappa shape index (κ2) is 3.97. The molecule has 2 nitrogen and oxygen atoms in total. The molecule has 3 rings (SSSR count). The topological polar surface area (TPSA) is 20.3 Å². The summed E-state index contributed by atoms with van der Waals surface area (Å²) < 4.78 is 0. The lowest BCUT2D eigenvalue weighted by atomic mass is 9.98. The second-order valence-electron chi connectivity index (χ2n) is 4.84. The van der Waals surface area contributed by atoms with Crippen molar-refractivity contribution in [3.05, 3.63) is 21.9 Å². The van der Waals surface area contributed by atoms with E-state index in [4.69, 9.17) is 0 Å². The highest BCUT2D eigenvalue weighted by atomic mass is 32.1. The number of carbonyl (C=O) groups excluding carboxylic acids is 1. The van der Waals surface area contributed by atoms with Crippen molar-refractivity contribution in [2.75, 3.05) is 6.54 Å². The zero-order valence-electron chi connectivity index (χ0n) is 9.61. The molecule has 0 bridgehead atoms. The van der Waals surface area contributed by atoms with Gasteiger partial charge in [0.2, 0.25) is 0 Å². The summed E-state index contributed by atoms with van der Waals surface area (Å²) >= 11 is 1.86. The third-order valence-electron chi connectivity index (χ3n) is 4.00. The van der Waals surface area contributed by atoms with Gasteiger partial charge in [0.05, 0.1) is 6.04 Å². The van der Waals surface area contributed by atoms with Gasteiger partial charge in [0.25, 0.3) is 0 Å². The van der Waals surface area contributed by atoms with E-state index in [0.717, 1.165) is 32.2 Å². The van der Waals surface area contributed by atoms with Crippen molar-refractivity contribution in [2.45, 2.75) is 44.7 Å². The summed E-state index contributed by atoms with van der Waals surface area (Å²) in [6.45, 7) is 3.31. The minimum absolute atomic E-state index is 0.211. The molecule has 3 heteroatoms. The molecule has 2 aliphatic rings. The van der Waals surface area contributed by atoms with Crippen LogP contribution >= 0.6 is 11.3 Å². The van der Waals surface area contributed by atoms with Gasteiger partial charge in [0.15, 0.2) is 0 Å². The Morgan fingerprint density at radius 3 is 3.06 bits per heavy atom. The number of ketones is 1. The normalized spacial score (nSPS) is 30.7.